The van der Waals surface area contributed by atoms with E-state index in [-0.39, 0.29) is 31.0 Å². The highest BCUT2D eigenvalue weighted by Crippen LogP contribution is 2.12. The van der Waals surface area contributed by atoms with E-state index in [0.29, 0.717) is 0 Å². The van der Waals surface area contributed by atoms with Crippen LogP contribution in [-0.4, -0.2) is 48.1 Å². The van der Waals surface area contributed by atoms with E-state index in [1.165, 1.54) is 4.90 Å². The van der Waals surface area contributed by atoms with Crippen molar-refractivity contribution in [2.75, 3.05) is 20.2 Å². The average Bonchev–Trinajstić information content (AvgIpc) is 2.21. The van der Waals surface area contributed by atoms with Gasteiger partial charge in [0, 0.05) is 12.5 Å². The van der Waals surface area contributed by atoms with Gasteiger partial charge in [0.2, 0.25) is 11.8 Å². The molecule has 0 heterocycles. The number of nitrogens with one attached hydrogen (secondary N) is 1. The summed E-state index contributed by atoms with van der Waals surface area (Å²) in [5.41, 5.74) is -0.499. The molecule has 5 heteroatoms. The zero-order valence-corrected chi connectivity index (χ0v) is 10.7. The number of aliphatic hydroxyl groups excluding tert-OH is 1. The molecular weight excluding hydrogens is 208 g/mol. The fraction of sp³-hybridized carbons (Fsp3) is 0.818. The molecule has 16 heavy (non-hydrogen) atoms. The number of carbonyl (C=O) groups excluding carboxylic acids is 2. The van der Waals surface area contributed by atoms with E-state index in [4.69, 9.17) is 5.11 Å². The molecule has 0 fully saturated rings. The Morgan fingerprint density at radius 1 is 1.38 bits per heavy atom. The second-order valence-corrected chi connectivity index (χ2v) is 4.97. The van der Waals surface area contributed by atoms with Crippen molar-refractivity contribution in [3.8, 4) is 0 Å². The normalized spacial score (nSPS) is 13.1. The molecule has 0 aromatic rings. The molecule has 0 radical (unpaired) electrons. The van der Waals surface area contributed by atoms with Crippen molar-refractivity contribution in [3.63, 3.8) is 0 Å². The zero-order valence-electron chi connectivity index (χ0n) is 10.7. The van der Waals surface area contributed by atoms with Gasteiger partial charge in [0.15, 0.2) is 0 Å². The first-order valence-corrected chi connectivity index (χ1v) is 5.35. The molecule has 0 aromatic carbocycles. The van der Waals surface area contributed by atoms with Gasteiger partial charge in [-0.2, -0.15) is 0 Å². The quantitative estimate of drug-likeness (QED) is 0.713. The average molecular weight is 230 g/mol. The highest BCUT2D eigenvalue weighted by molar-refractivity contribution is 5.87. The fourth-order valence-corrected chi connectivity index (χ4v) is 0.914. The Bertz CT molecular complexity index is 258. The predicted molar refractivity (Wildman–Crippen MR) is 61.8 cm³/mol. The van der Waals surface area contributed by atoms with Crippen molar-refractivity contribution in [3.05, 3.63) is 0 Å². The lowest BCUT2D eigenvalue weighted by atomic mass is 9.96. The number of amides is 2. The second kappa shape index (κ2) is 5.84. The van der Waals surface area contributed by atoms with Crippen LogP contribution in [0.15, 0.2) is 0 Å². The first kappa shape index (κ1) is 14.9. The largest absolute Gasteiger partial charge is 0.394 e. The van der Waals surface area contributed by atoms with Gasteiger partial charge in [-0.1, -0.05) is 20.8 Å². The van der Waals surface area contributed by atoms with Gasteiger partial charge in [-0.3, -0.25) is 9.59 Å². The summed E-state index contributed by atoms with van der Waals surface area (Å²) in [6.07, 6.45) is 0. The lowest BCUT2D eigenvalue weighted by Gasteiger charge is -2.24. The SMILES string of the molecule is CC(CO)N(C)C(=O)CNC(=O)C(C)(C)C. The Kier molecular flexibility index (Phi) is 5.44. The van der Waals surface area contributed by atoms with E-state index in [1.54, 1.807) is 34.7 Å². The first-order chi connectivity index (χ1) is 7.20. The summed E-state index contributed by atoms with van der Waals surface area (Å²) >= 11 is 0. The van der Waals surface area contributed by atoms with Gasteiger partial charge in [0.25, 0.3) is 0 Å². The third-order valence-electron chi connectivity index (χ3n) is 2.40. The third-order valence-corrected chi connectivity index (χ3v) is 2.40. The van der Waals surface area contributed by atoms with Crippen molar-refractivity contribution >= 4 is 11.8 Å². The maximum Gasteiger partial charge on any atom is 0.242 e. The van der Waals surface area contributed by atoms with E-state index in [2.05, 4.69) is 5.32 Å². The van der Waals surface area contributed by atoms with Crippen LogP contribution in [0.4, 0.5) is 0 Å². The summed E-state index contributed by atoms with van der Waals surface area (Å²) in [5.74, 6) is -0.370. The number of likely N-dealkylation sites (N-methyl/N-ethyl adjacent to an activating group) is 1. The second-order valence-electron chi connectivity index (χ2n) is 4.97. The molecule has 0 aromatic heterocycles. The third kappa shape index (κ3) is 4.61. The summed E-state index contributed by atoms with van der Waals surface area (Å²) in [7, 11) is 1.60. The molecule has 0 spiro atoms. The van der Waals surface area contributed by atoms with E-state index in [0.717, 1.165) is 0 Å². The van der Waals surface area contributed by atoms with Gasteiger partial charge in [-0.05, 0) is 6.92 Å². The Balaban J connectivity index is 4.13. The van der Waals surface area contributed by atoms with Crippen LogP contribution >= 0.6 is 0 Å². The van der Waals surface area contributed by atoms with E-state index in [1.807, 2.05) is 0 Å². The molecule has 1 atom stereocenters. The minimum Gasteiger partial charge on any atom is -0.394 e. The Hall–Kier alpha value is -1.10. The number of carbonyl (C=O) groups is 2. The number of hydrogen-bond acceptors (Lipinski definition) is 3. The molecule has 0 rings (SSSR count). The standard InChI is InChI=1S/C11H22N2O3/c1-8(7-14)13(5)9(15)6-12-10(16)11(2,3)4/h8,14H,6-7H2,1-5H3,(H,12,16). The Morgan fingerprint density at radius 3 is 2.25 bits per heavy atom. The maximum absolute atomic E-state index is 11.6. The van der Waals surface area contributed by atoms with Crippen molar-refractivity contribution < 1.29 is 14.7 Å². The van der Waals surface area contributed by atoms with Crippen LogP contribution in [0.2, 0.25) is 0 Å². The molecule has 2 N–H and O–H groups in total. The van der Waals surface area contributed by atoms with Crippen LogP contribution < -0.4 is 5.32 Å². The molecule has 2 amide bonds. The van der Waals surface area contributed by atoms with Crippen molar-refractivity contribution in [1.82, 2.24) is 10.2 Å². The van der Waals surface area contributed by atoms with Crippen LogP contribution in [-0.2, 0) is 9.59 Å². The molecule has 0 saturated carbocycles. The van der Waals surface area contributed by atoms with Gasteiger partial charge >= 0.3 is 0 Å². The maximum atomic E-state index is 11.6. The topological polar surface area (TPSA) is 69.6 Å². The number of nitrogens with zero attached hydrogens (tertiary/aromatic N) is 1. The monoisotopic (exact) mass is 230 g/mol. The molecular formula is C11H22N2O3. The highest BCUT2D eigenvalue weighted by atomic mass is 16.3. The minimum absolute atomic E-state index is 0.0308. The van der Waals surface area contributed by atoms with Gasteiger partial charge < -0.3 is 15.3 Å². The zero-order chi connectivity index (χ0) is 12.9. The summed E-state index contributed by atoms with van der Waals surface area (Å²) in [6, 6.07) is -0.237. The molecule has 0 saturated heterocycles. The van der Waals surface area contributed by atoms with Gasteiger partial charge in [0.1, 0.15) is 0 Å². The molecule has 94 valence electrons. The van der Waals surface area contributed by atoms with E-state index >= 15 is 0 Å². The molecule has 1 unspecified atom stereocenters. The minimum atomic E-state index is -0.499. The van der Waals surface area contributed by atoms with Gasteiger partial charge in [-0.15, -0.1) is 0 Å². The molecule has 0 aliphatic carbocycles. The Labute approximate surface area is 96.8 Å². The smallest absolute Gasteiger partial charge is 0.242 e. The molecule has 0 aliphatic heterocycles. The lowest BCUT2D eigenvalue weighted by molar-refractivity contribution is -0.136. The Morgan fingerprint density at radius 2 is 1.88 bits per heavy atom. The fourth-order valence-electron chi connectivity index (χ4n) is 0.914. The summed E-state index contributed by atoms with van der Waals surface area (Å²) in [4.78, 5) is 24.5. The van der Waals surface area contributed by atoms with Gasteiger partial charge in [-0.25, -0.2) is 0 Å². The predicted octanol–water partition coefficient (Wildman–Crippen LogP) is -0.0121. The van der Waals surface area contributed by atoms with Crippen LogP contribution in [0.5, 0.6) is 0 Å². The van der Waals surface area contributed by atoms with E-state index in [9.17, 15) is 9.59 Å². The van der Waals surface area contributed by atoms with E-state index < -0.39 is 5.41 Å². The summed E-state index contributed by atoms with van der Waals surface area (Å²) in [6.45, 7) is 6.97. The van der Waals surface area contributed by atoms with Crippen LogP contribution in [0, 0.1) is 5.41 Å². The van der Waals surface area contributed by atoms with Crippen molar-refractivity contribution in [1.29, 1.82) is 0 Å². The first-order valence-electron chi connectivity index (χ1n) is 5.35. The van der Waals surface area contributed by atoms with Crippen molar-refractivity contribution in [2.45, 2.75) is 33.7 Å². The van der Waals surface area contributed by atoms with Gasteiger partial charge in [0.05, 0.1) is 19.2 Å². The van der Waals surface area contributed by atoms with Crippen LogP contribution in [0.1, 0.15) is 27.7 Å². The number of aliphatic hydroxyl groups is 1. The van der Waals surface area contributed by atoms with Crippen molar-refractivity contribution in [2.24, 2.45) is 5.41 Å². The highest BCUT2D eigenvalue weighted by Gasteiger charge is 2.22. The van der Waals surface area contributed by atoms with Crippen LogP contribution in [0.25, 0.3) is 0 Å². The number of hydrogen-bond donors (Lipinski definition) is 2. The van der Waals surface area contributed by atoms with Crippen LogP contribution in [0.3, 0.4) is 0 Å². The lowest BCUT2D eigenvalue weighted by Crippen LogP contribution is -2.45. The number of rotatable bonds is 4. The molecule has 5 nitrogen and oxygen atoms in total. The summed E-state index contributed by atoms with van der Waals surface area (Å²) in [5, 5.41) is 11.4. The summed E-state index contributed by atoms with van der Waals surface area (Å²) < 4.78 is 0. The molecule has 0 bridgehead atoms. The molecule has 0 aliphatic rings.